The maximum Gasteiger partial charge on any atom is 0.261 e. The van der Waals surface area contributed by atoms with Crippen molar-refractivity contribution in [2.75, 3.05) is 19.7 Å². The Hall–Kier alpha value is -2.25. The zero-order valence-electron chi connectivity index (χ0n) is 13.7. The van der Waals surface area contributed by atoms with Gasteiger partial charge in [0.2, 0.25) is 5.82 Å². The molecule has 2 atom stereocenters. The fourth-order valence-corrected chi connectivity index (χ4v) is 3.82. The number of hydrogen-bond donors (Lipinski definition) is 0. The van der Waals surface area contributed by atoms with Crippen LogP contribution in [0.25, 0.3) is 22.4 Å². The largest absolute Gasteiger partial charge is 0.464 e. The number of halogens is 1. The molecule has 130 valence electrons. The van der Waals surface area contributed by atoms with Crippen LogP contribution >= 0.6 is 0 Å². The lowest BCUT2D eigenvalue weighted by atomic mass is 10.0. The van der Waals surface area contributed by atoms with Crippen molar-refractivity contribution >= 4 is 11.0 Å². The molecule has 0 aliphatic carbocycles. The molecule has 5 rings (SSSR count). The second kappa shape index (κ2) is 5.93. The molecule has 1 unspecified atom stereocenters. The third-order valence-electron chi connectivity index (χ3n) is 5.12. The highest BCUT2D eigenvalue weighted by Crippen LogP contribution is 2.32. The molecular weight excluding hydrogens is 325 g/mol. The van der Waals surface area contributed by atoms with Gasteiger partial charge in [-0.3, -0.25) is 4.90 Å². The maximum atomic E-state index is 13.8. The van der Waals surface area contributed by atoms with Gasteiger partial charge in [-0.25, -0.2) is 4.39 Å². The number of aromatic nitrogens is 2. The standard InChI is InChI=1S/C18H18FN3O3/c19-12-7-11-4-6-23-16(11)14(8-12)18-20-17(21-25-18)15-9-22-5-2-1-3-13(22)10-24-15/h4,6-8,13,15H,1-3,5,9-10H2/t13?,15-/m1/s1. The molecule has 2 fully saturated rings. The van der Waals surface area contributed by atoms with Gasteiger partial charge in [0, 0.05) is 18.0 Å². The quantitative estimate of drug-likeness (QED) is 0.709. The summed E-state index contributed by atoms with van der Waals surface area (Å²) in [6.45, 7) is 2.55. The van der Waals surface area contributed by atoms with Crippen molar-refractivity contribution in [1.29, 1.82) is 0 Å². The van der Waals surface area contributed by atoms with Crippen molar-refractivity contribution in [1.82, 2.24) is 15.0 Å². The van der Waals surface area contributed by atoms with Crippen molar-refractivity contribution in [2.24, 2.45) is 0 Å². The molecule has 2 aliphatic heterocycles. The number of furan rings is 1. The molecule has 0 saturated carbocycles. The van der Waals surface area contributed by atoms with Gasteiger partial charge in [0.1, 0.15) is 17.5 Å². The van der Waals surface area contributed by atoms with Crippen LogP contribution in [0.3, 0.4) is 0 Å². The molecule has 2 aliphatic rings. The van der Waals surface area contributed by atoms with Gasteiger partial charge < -0.3 is 13.7 Å². The van der Waals surface area contributed by atoms with Crippen LogP contribution in [-0.4, -0.2) is 40.8 Å². The molecule has 1 aromatic carbocycles. The fourth-order valence-electron chi connectivity index (χ4n) is 3.82. The van der Waals surface area contributed by atoms with Gasteiger partial charge in [-0.2, -0.15) is 4.98 Å². The van der Waals surface area contributed by atoms with Crippen LogP contribution in [0.1, 0.15) is 31.2 Å². The van der Waals surface area contributed by atoms with Crippen molar-refractivity contribution in [3.8, 4) is 11.5 Å². The number of hydrogen-bond acceptors (Lipinski definition) is 6. The van der Waals surface area contributed by atoms with Crippen LogP contribution in [-0.2, 0) is 4.74 Å². The van der Waals surface area contributed by atoms with E-state index in [1.54, 1.807) is 6.07 Å². The lowest BCUT2D eigenvalue weighted by Gasteiger charge is -2.41. The summed E-state index contributed by atoms with van der Waals surface area (Å²) in [5.74, 6) is 0.385. The lowest BCUT2D eigenvalue weighted by Crippen LogP contribution is -2.49. The Morgan fingerprint density at radius 3 is 3.16 bits per heavy atom. The van der Waals surface area contributed by atoms with Gasteiger partial charge >= 0.3 is 0 Å². The van der Waals surface area contributed by atoms with E-state index < -0.39 is 0 Å². The molecule has 25 heavy (non-hydrogen) atoms. The van der Waals surface area contributed by atoms with Crippen LogP contribution in [0.15, 0.2) is 33.4 Å². The Kier molecular flexibility index (Phi) is 3.57. The summed E-state index contributed by atoms with van der Waals surface area (Å²) in [7, 11) is 0. The zero-order valence-corrected chi connectivity index (χ0v) is 13.7. The minimum absolute atomic E-state index is 0.215. The Morgan fingerprint density at radius 1 is 1.24 bits per heavy atom. The summed E-state index contributed by atoms with van der Waals surface area (Å²) >= 11 is 0. The lowest BCUT2D eigenvalue weighted by molar-refractivity contribution is -0.0805. The van der Waals surface area contributed by atoms with E-state index in [-0.39, 0.29) is 17.8 Å². The molecule has 0 N–H and O–H groups in total. The van der Waals surface area contributed by atoms with Crippen molar-refractivity contribution in [3.05, 3.63) is 36.1 Å². The first-order valence-electron chi connectivity index (χ1n) is 8.64. The van der Waals surface area contributed by atoms with Gasteiger partial charge in [0.25, 0.3) is 5.89 Å². The number of rotatable bonds is 2. The van der Waals surface area contributed by atoms with E-state index in [9.17, 15) is 4.39 Å². The van der Waals surface area contributed by atoms with Crippen LogP contribution in [0.5, 0.6) is 0 Å². The molecule has 6 nitrogen and oxygen atoms in total. The number of morpholine rings is 1. The Labute approximate surface area is 143 Å². The van der Waals surface area contributed by atoms with Gasteiger partial charge in [-0.05, 0) is 37.6 Å². The summed E-state index contributed by atoms with van der Waals surface area (Å²) in [6.07, 6.45) is 4.98. The van der Waals surface area contributed by atoms with E-state index in [1.165, 1.54) is 37.7 Å². The van der Waals surface area contributed by atoms with E-state index in [0.717, 1.165) is 13.1 Å². The smallest absolute Gasteiger partial charge is 0.261 e. The summed E-state index contributed by atoms with van der Waals surface area (Å²) in [6, 6.07) is 4.98. The molecule has 0 bridgehead atoms. The SMILES string of the molecule is Fc1cc(-c2nc([C@H]3CN4CCCCC4CO3)no2)c2occc2c1. The van der Waals surface area contributed by atoms with Crippen molar-refractivity contribution in [2.45, 2.75) is 31.4 Å². The highest BCUT2D eigenvalue weighted by molar-refractivity contribution is 5.90. The summed E-state index contributed by atoms with van der Waals surface area (Å²) in [4.78, 5) is 6.90. The first-order valence-corrected chi connectivity index (χ1v) is 8.64. The van der Waals surface area contributed by atoms with Crippen LogP contribution in [0, 0.1) is 5.82 Å². The molecular formula is C18H18FN3O3. The van der Waals surface area contributed by atoms with Crippen molar-refractivity contribution < 1.29 is 18.1 Å². The first kappa shape index (κ1) is 15.0. The average Bonchev–Trinajstić information content (AvgIpc) is 3.30. The Bertz CT molecular complexity index is 906. The van der Waals surface area contributed by atoms with Gasteiger partial charge in [-0.15, -0.1) is 0 Å². The normalized spacial score (nSPS) is 24.5. The molecule has 2 aromatic heterocycles. The van der Waals surface area contributed by atoms with E-state index in [4.69, 9.17) is 13.7 Å². The highest BCUT2D eigenvalue weighted by Gasteiger charge is 2.33. The molecule has 0 spiro atoms. The zero-order chi connectivity index (χ0) is 16.8. The second-order valence-corrected chi connectivity index (χ2v) is 6.72. The molecule has 3 aromatic rings. The third kappa shape index (κ3) is 2.63. The number of fused-ring (bicyclic) bond motifs is 2. The molecule has 0 amide bonds. The van der Waals surface area contributed by atoms with Gasteiger partial charge in [0.05, 0.1) is 18.4 Å². The number of nitrogens with zero attached hydrogens (tertiary/aromatic N) is 3. The summed E-state index contributed by atoms with van der Waals surface area (Å²) in [5.41, 5.74) is 1.00. The summed E-state index contributed by atoms with van der Waals surface area (Å²) < 4.78 is 30.6. The predicted molar refractivity (Wildman–Crippen MR) is 87.4 cm³/mol. The number of ether oxygens (including phenoxy) is 1. The van der Waals surface area contributed by atoms with E-state index >= 15 is 0 Å². The fraction of sp³-hybridized carbons (Fsp3) is 0.444. The monoisotopic (exact) mass is 343 g/mol. The van der Waals surface area contributed by atoms with Crippen LogP contribution < -0.4 is 0 Å². The minimum atomic E-state index is -0.367. The maximum absolute atomic E-state index is 13.8. The highest BCUT2D eigenvalue weighted by atomic mass is 19.1. The molecule has 0 radical (unpaired) electrons. The van der Waals surface area contributed by atoms with E-state index in [1.807, 2.05) is 0 Å². The Morgan fingerprint density at radius 2 is 2.20 bits per heavy atom. The Balaban J connectivity index is 1.44. The number of benzene rings is 1. The third-order valence-corrected chi connectivity index (χ3v) is 5.12. The predicted octanol–water partition coefficient (Wildman–Crippen LogP) is 3.55. The summed E-state index contributed by atoms with van der Waals surface area (Å²) in [5, 5.41) is 4.74. The number of piperidine rings is 1. The van der Waals surface area contributed by atoms with Crippen LogP contribution in [0.4, 0.5) is 4.39 Å². The van der Waals surface area contributed by atoms with Crippen molar-refractivity contribution in [3.63, 3.8) is 0 Å². The minimum Gasteiger partial charge on any atom is -0.464 e. The molecule has 4 heterocycles. The second-order valence-electron chi connectivity index (χ2n) is 6.72. The first-order chi connectivity index (χ1) is 12.3. The average molecular weight is 343 g/mol. The topological polar surface area (TPSA) is 64.5 Å². The van der Waals surface area contributed by atoms with Gasteiger partial charge in [0.15, 0.2) is 0 Å². The molecule has 2 saturated heterocycles. The van der Waals surface area contributed by atoms with E-state index in [0.29, 0.717) is 35.0 Å². The molecule has 7 heteroatoms. The van der Waals surface area contributed by atoms with Crippen LogP contribution in [0.2, 0.25) is 0 Å². The van der Waals surface area contributed by atoms with Gasteiger partial charge in [-0.1, -0.05) is 11.6 Å². The van der Waals surface area contributed by atoms with E-state index in [2.05, 4.69) is 15.0 Å².